The van der Waals surface area contributed by atoms with Crippen LogP contribution in [-0.4, -0.2) is 49.4 Å². The molecule has 0 aliphatic carbocycles. The first-order valence-electron chi connectivity index (χ1n) is 8.68. The summed E-state index contributed by atoms with van der Waals surface area (Å²) < 4.78 is 0. The minimum absolute atomic E-state index is 0.0622. The van der Waals surface area contributed by atoms with Gasteiger partial charge in [0.15, 0.2) is 0 Å². The average Bonchev–Trinajstić information content (AvgIpc) is 2.64. The van der Waals surface area contributed by atoms with Crippen LogP contribution in [0.2, 0.25) is 0 Å². The van der Waals surface area contributed by atoms with Crippen LogP contribution in [0, 0.1) is 0 Å². The maximum Gasteiger partial charge on any atom is 0.314 e. The van der Waals surface area contributed by atoms with Crippen LogP contribution in [0.3, 0.4) is 0 Å². The predicted molar refractivity (Wildman–Crippen MR) is 94.8 cm³/mol. The van der Waals surface area contributed by atoms with E-state index in [-0.39, 0.29) is 30.8 Å². The second-order valence-corrected chi connectivity index (χ2v) is 6.06. The molecule has 1 aromatic rings. The molecule has 0 radical (unpaired) electrons. The van der Waals surface area contributed by atoms with Crippen molar-refractivity contribution in [3.8, 4) is 0 Å². The van der Waals surface area contributed by atoms with Gasteiger partial charge in [0.2, 0.25) is 11.8 Å². The Morgan fingerprint density at radius 3 is 2.68 bits per heavy atom. The molecule has 4 amide bonds. The van der Waals surface area contributed by atoms with Gasteiger partial charge in [-0.05, 0) is 24.8 Å². The molecule has 3 N–H and O–H groups in total. The van der Waals surface area contributed by atoms with Crippen molar-refractivity contribution in [2.75, 3.05) is 26.7 Å². The zero-order valence-corrected chi connectivity index (χ0v) is 14.6. The Bertz CT molecular complexity index is 591. The maximum absolute atomic E-state index is 12.7. The van der Waals surface area contributed by atoms with Gasteiger partial charge >= 0.3 is 6.03 Å². The van der Waals surface area contributed by atoms with E-state index in [1.807, 2.05) is 30.3 Å². The largest absolute Gasteiger partial charge is 0.356 e. The lowest BCUT2D eigenvalue weighted by Gasteiger charge is -2.33. The first-order chi connectivity index (χ1) is 12.1. The Kier molecular flexibility index (Phi) is 7.25. The minimum atomic E-state index is -0.400. The molecular weight excluding hydrogens is 320 g/mol. The molecule has 0 spiro atoms. The Morgan fingerprint density at radius 2 is 1.96 bits per heavy atom. The van der Waals surface area contributed by atoms with E-state index in [9.17, 15) is 14.4 Å². The number of carbonyl (C=O) groups excluding carboxylic acids is 3. The van der Waals surface area contributed by atoms with Gasteiger partial charge in [-0.1, -0.05) is 30.3 Å². The number of nitrogens with one attached hydrogen (secondary N) is 3. The van der Waals surface area contributed by atoms with E-state index in [1.54, 1.807) is 4.90 Å². The van der Waals surface area contributed by atoms with Gasteiger partial charge in [0.25, 0.3) is 0 Å². The number of rotatable bonds is 3. The number of nitrogens with zero attached hydrogens (tertiary/aromatic N) is 1. The second kappa shape index (κ2) is 9.66. The van der Waals surface area contributed by atoms with Crippen molar-refractivity contribution in [3.05, 3.63) is 35.9 Å². The standard InChI is InChI=1S/C18H26N4O3/c1-19-18(25)21-13-17(24)22-11-7-3-6-10-20-16(23)12-15(22)14-8-4-2-5-9-14/h2,4-5,8-9,15H,3,6-7,10-13H2,1H3,(H,20,23)(H2,19,21,25). The lowest BCUT2D eigenvalue weighted by atomic mass is 10.00. The van der Waals surface area contributed by atoms with Crippen molar-refractivity contribution >= 4 is 17.8 Å². The molecular formula is C18H26N4O3. The van der Waals surface area contributed by atoms with Crippen molar-refractivity contribution in [1.82, 2.24) is 20.9 Å². The third kappa shape index (κ3) is 5.77. The summed E-state index contributed by atoms with van der Waals surface area (Å²) >= 11 is 0. The van der Waals surface area contributed by atoms with Crippen molar-refractivity contribution < 1.29 is 14.4 Å². The summed E-state index contributed by atoms with van der Waals surface area (Å²) in [5, 5.41) is 7.88. The molecule has 1 atom stereocenters. The number of hydrogen-bond donors (Lipinski definition) is 3. The second-order valence-electron chi connectivity index (χ2n) is 6.06. The number of hydrogen-bond acceptors (Lipinski definition) is 3. The average molecular weight is 346 g/mol. The number of carbonyl (C=O) groups is 3. The van der Waals surface area contributed by atoms with Gasteiger partial charge in [-0.15, -0.1) is 0 Å². The van der Waals surface area contributed by atoms with Gasteiger partial charge in [-0.25, -0.2) is 4.79 Å². The molecule has 25 heavy (non-hydrogen) atoms. The van der Waals surface area contributed by atoms with Crippen molar-refractivity contribution in [2.45, 2.75) is 31.7 Å². The molecule has 2 rings (SSSR count). The van der Waals surface area contributed by atoms with E-state index >= 15 is 0 Å². The normalized spacial score (nSPS) is 18.8. The SMILES string of the molecule is CNC(=O)NCC(=O)N1CCCCCNC(=O)CC1c1ccccc1. The first kappa shape index (κ1) is 18.8. The lowest BCUT2D eigenvalue weighted by Crippen LogP contribution is -2.46. The van der Waals surface area contributed by atoms with Gasteiger partial charge in [-0.2, -0.15) is 0 Å². The van der Waals surface area contributed by atoms with E-state index in [0.29, 0.717) is 13.1 Å². The highest BCUT2D eigenvalue weighted by Crippen LogP contribution is 2.25. The Labute approximate surface area is 148 Å². The molecule has 1 aliphatic rings. The molecule has 0 aromatic heterocycles. The van der Waals surface area contributed by atoms with Crippen LogP contribution in [0.4, 0.5) is 4.79 Å². The number of amides is 4. The lowest BCUT2D eigenvalue weighted by molar-refractivity contribution is -0.134. The fourth-order valence-electron chi connectivity index (χ4n) is 2.94. The molecule has 1 aromatic carbocycles. The van der Waals surface area contributed by atoms with Gasteiger partial charge < -0.3 is 20.9 Å². The van der Waals surface area contributed by atoms with E-state index in [2.05, 4.69) is 16.0 Å². The summed E-state index contributed by atoms with van der Waals surface area (Å²) in [7, 11) is 1.50. The van der Waals surface area contributed by atoms with Gasteiger partial charge in [0.05, 0.1) is 19.0 Å². The van der Waals surface area contributed by atoms with E-state index in [4.69, 9.17) is 0 Å². The van der Waals surface area contributed by atoms with Crippen molar-refractivity contribution in [1.29, 1.82) is 0 Å². The maximum atomic E-state index is 12.7. The molecule has 0 bridgehead atoms. The van der Waals surface area contributed by atoms with Crippen molar-refractivity contribution in [3.63, 3.8) is 0 Å². The smallest absolute Gasteiger partial charge is 0.314 e. The van der Waals surface area contributed by atoms with Crippen LogP contribution in [0.15, 0.2) is 30.3 Å². The zero-order valence-electron chi connectivity index (χ0n) is 14.6. The summed E-state index contributed by atoms with van der Waals surface area (Å²) in [6.07, 6.45) is 2.93. The van der Waals surface area contributed by atoms with Crippen LogP contribution in [-0.2, 0) is 9.59 Å². The summed E-state index contributed by atoms with van der Waals surface area (Å²) in [6, 6.07) is 8.83. The number of urea groups is 1. The summed E-state index contributed by atoms with van der Waals surface area (Å²) in [4.78, 5) is 38.0. The van der Waals surface area contributed by atoms with Gasteiger partial charge in [0, 0.05) is 20.1 Å². The minimum Gasteiger partial charge on any atom is -0.356 e. The van der Waals surface area contributed by atoms with Crippen LogP contribution in [0.25, 0.3) is 0 Å². The summed E-state index contributed by atoms with van der Waals surface area (Å²) in [6.45, 7) is 1.15. The molecule has 1 fully saturated rings. The van der Waals surface area contributed by atoms with Gasteiger partial charge in [0.1, 0.15) is 0 Å². The Hall–Kier alpha value is -2.57. The molecule has 7 nitrogen and oxygen atoms in total. The molecule has 136 valence electrons. The monoisotopic (exact) mass is 346 g/mol. The quantitative estimate of drug-likeness (QED) is 0.767. The van der Waals surface area contributed by atoms with Crippen LogP contribution in [0.5, 0.6) is 0 Å². The Balaban J connectivity index is 2.21. The number of benzene rings is 1. The topological polar surface area (TPSA) is 90.5 Å². The fraction of sp³-hybridized carbons (Fsp3) is 0.500. The van der Waals surface area contributed by atoms with Crippen LogP contribution >= 0.6 is 0 Å². The van der Waals surface area contributed by atoms with Crippen LogP contribution in [0.1, 0.15) is 37.3 Å². The molecule has 7 heteroatoms. The molecule has 1 heterocycles. The highest BCUT2D eigenvalue weighted by atomic mass is 16.2. The van der Waals surface area contributed by atoms with E-state index in [0.717, 1.165) is 24.8 Å². The molecule has 1 unspecified atom stereocenters. The highest BCUT2D eigenvalue weighted by Gasteiger charge is 2.27. The molecule has 1 aliphatic heterocycles. The fourth-order valence-corrected chi connectivity index (χ4v) is 2.94. The van der Waals surface area contributed by atoms with Crippen LogP contribution < -0.4 is 16.0 Å². The predicted octanol–water partition coefficient (Wildman–Crippen LogP) is 1.18. The third-order valence-corrected chi connectivity index (χ3v) is 4.28. The van der Waals surface area contributed by atoms with Crippen molar-refractivity contribution in [2.24, 2.45) is 0 Å². The van der Waals surface area contributed by atoms with E-state index < -0.39 is 6.03 Å². The summed E-state index contributed by atoms with van der Waals surface area (Å²) in [5.74, 6) is -0.251. The zero-order chi connectivity index (χ0) is 18.1. The molecule has 0 saturated carbocycles. The van der Waals surface area contributed by atoms with E-state index in [1.165, 1.54) is 7.05 Å². The van der Waals surface area contributed by atoms with Gasteiger partial charge in [-0.3, -0.25) is 9.59 Å². The molecule has 1 saturated heterocycles. The summed E-state index contributed by atoms with van der Waals surface area (Å²) in [5.41, 5.74) is 0.923. The Morgan fingerprint density at radius 1 is 1.20 bits per heavy atom. The first-order valence-corrected chi connectivity index (χ1v) is 8.68. The third-order valence-electron chi connectivity index (χ3n) is 4.28. The highest BCUT2D eigenvalue weighted by molar-refractivity contribution is 5.85.